The van der Waals surface area contributed by atoms with Crippen LogP contribution in [0.15, 0.2) is 54.9 Å². The zero-order valence-electron chi connectivity index (χ0n) is 13.1. The Morgan fingerprint density at radius 2 is 2.08 bits per heavy atom. The Labute approximate surface area is 143 Å². The van der Waals surface area contributed by atoms with E-state index in [0.29, 0.717) is 12.0 Å². The van der Waals surface area contributed by atoms with Crippen molar-refractivity contribution in [1.29, 1.82) is 0 Å². The molecule has 0 aliphatic rings. The van der Waals surface area contributed by atoms with E-state index in [1.54, 1.807) is 22.0 Å². The number of benzene rings is 1. The molecular weight excluding hydrogens is 320 g/mol. The molecule has 3 heterocycles. The molecule has 24 heavy (non-hydrogen) atoms. The van der Waals surface area contributed by atoms with Crippen LogP contribution in [-0.4, -0.2) is 26.5 Å². The van der Waals surface area contributed by atoms with Gasteiger partial charge in [-0.3, -0.25) is 4.79 Å². The van der Waals surface area contributed by atoms with Crippen molar-refractivity contribution in [2.24, 2.45) is 0 Å². The summed E-state index contributed by atoms with van der Waals surface area (Å²) in [7, 11) is 0. The first-order chi connectivity index (χ1) is 11.7. The number of rotatable bonds is 4. The Balaban J connectivity index is 1.49. The third-order valence-corrected chi connectivity index (χ3v) is 4.93. The molecule has 0 bridgehead atoms. The fourth-order valence-electron chi connectivity index (χ4n) is 2.73. The molecule has 0 saturated carbocycles. The van der Waals surface area contributed by atoms with Gasteiger partial charge in [0.05, 0.1) is 32.5 Å². The van der Waals surface area contributed by atoms with Gasteiger partial charge in [-0.05, 0) is 31.2 Å². The zero-order valence-corrected chi connectivity index (χ0v) is 14.0. The molecule has 1 N–H and O–H groups in total. The van der Waals surface area contributed by atoms with Crippen molar-refractivity contribution in [1.82, 2.24) is 19.9 Å². The maximum absolute atomic E-state index is 12.5. The number of hydrogen-bond acceptors (Lipinski definition) is 4. The van der Waals surface area contributed by atoms with Gasteiger partial charge in [-0.1, -0.05) is 18.2 Å². The highest BCUT2D eigenvalue weighted by Crippen LogP contribution is 2.22. The van der Waals surface area contributed by atoms with Gasteiger partial charge in [0.2, 0.25) is 0 Å². The number of carbonyl (C=O) groups is 1. The Morgan fingerprint density at radius 1 is 1.25 bits per heavy atom. The summed E-state index contributed by atoms with van der Waals surface area (Å²) in [5.74, 6) is -0.107. The first-order valence-electron chi connectivity index (χ1n) is 7.78. The minimum Gasteiger partial charge on any atom is -0.349 e. The van der Waals surface area contributed by atoms with E-state index in [-0.39, 0.29) is 11.9 Å². The molecule has 6 heteroatoms. The van der Waals surface area contributed by atoms with Crippen molar-refractivity contribution >= 4 is 33.0 Å². The van der Waals surface area contributed by atoms with Crippen molar-refractivity contribution in [2.45, 2.75) is 19.4 Å². The van der Waals surface area contributed by atoms with Crippen LogP contribution in [0.3, 0.4) is 0 Å². The van der Waals surface area contributed by atoms with Gasteiger partial charge in [-0.2, -0.15) is 5.10 Å². The van der Waals surface area contributed by atoms with Crippen LogP contribution in [0.25, 0.3) is 15.7 Å². The molecular formula is C18H16N4OS. The molecule has 0 fully saturated rings. The molecule has 1 aromatic carbocycles. The van der Waals surface area contributed by atoms with Crippen molar-refractivity contribution in [3.8, 4) is 0 Å². The predicted molar refractivity (Wildman–Crippen MR) is 95.4 cm³/mol. The summed E-state index contributed by atoms with van der Waals surface area (Å²) in [6.45, 7) is 2.00. The van der Waals surface area contributed by atoms with E-state index < -0.39 is 0 Å². The molecule has 1 amide bonds. The number of nitrogens with zero attached hydrogens (tertiary/aromatic N) is 3. The van der Waals surface area contributed by atoms with E-state index in [2.05, 4.69) is 21.5 Å². The number of thiazole rings is 1. The van der Waals surface area contributed by atoms with Crippen LogP contribution in [0.5, 0.6) is 0 Å². The lowest BCUT2D eigenvalue weighted by Crippen LogP contribution is -2.34. The highest BCUT2D eigenvalue weighted by Gasteiger charge is 2.16. The summed E-state index contributed by atoms with van der Waals surface area (Å²) >= 11 is 1.67. The normalized spacial score (nSPS) is 12.5. The molecule has 3 aromatic heterocycles. The van der Waals surface area contributed by atoms with E-state index in [1.165, 1.54) is 4.70 Å². The average molecular weight is 336 g/mol. The van der Waals surface area contributed by atoms with Crippen molar-refractivity contribution in [3.05, 3.63) is 65.4 Å². The SMILES string of the molecule is C[C@@H](Cc1nc2ccccc2s1)NC(=O)c1cnn2ccccc12. The van der Waals surface area contributed by atoms with Gasteiger partial charge in [-0.25, -0.2) is 9.50 Å². The zero-order chi connectivity index (χ0) is 16.5. The van der Waals surface area contributed by atoms with Gasteiger partial charge in [-0.15, -0.1) is 11.3 Å². The van der Waals surface area contributed by atoms with Gasteiger partial charge < -0.3 is 5.32 Å². The van der Waals surface area contributed by atoms with E-state index in [4.69, 9.17) is 0 Å². The van der Waals surface area contributed by atoms with Gasteiger partial charge in [0.15, 0.2) is 0 Å². The first-order valence-corrected chi connectivity index (χ1v) is 8.60. The van der Waals surface area contributed by atoms with Crippen molar-refractivity contribution < 1.29 is 4.79 Å². The van der Waals surface area contributed by atoms with Crippen LogP contribution in [0.4, 0.5) is 0 Å². The second-order valence-corrected chi connectivity index (χ2v) is 6.86. The van der Waals surface area contributed by atoms with Gasteiger partial charge in [0.25, 0.3) is 5.91 Å². The van der Waals surface area contributed by atoms with E-state index >= 15 is 0 Å². The Morgan fingerprint density at radius 3 is 2.96 bits per heavy atom. The number of aromatic nitrogens is 3. The Bertz CT molecular complexity index is 987. The number of hydrogen-bond donors (Lipinski definition) is 1. The average Bonchev–Trinajstić information content (AvgIpc) is 3.17. The minimum absolute atomic E-state index is 0.00303. The van der Waals surface area contributed by atoms with E-state index in [1.807, 2.05) is 49.5 Å². The summed E-state index contributed by atoms with van der Waals surface area (Å²) in [6, 6.07) is 13.8. The third kappa shape index (κ3) is 2.76. The number of amides is 1. The summed E-state index contributed by atoms with van der Waals surface area (Å²) in [5, 5.41) is 8.28. The van der Waals surface area contributed by atoms with Crippen LogP contribution < -0.4 is 5.32 Å². The molecule has 0 radical (unpaired) electrons. The second kappa shape index (κ2) is 6.05. The van der Waals surface area contributed by atoms with Crippen LogP contribution in [-0.2, 0) is 6.42 Å². The standard InChI is InChI=1S/C18H16N4OS/c1-12(10-17-21-14-6-2-3-8-16(14)24-17)20-18(23)13-11-19-22-9-5-4-7-15(13)22/h2-9,11-12H,10H2,1H3,(H,20,23)/t12-/m0/s1. The molecule has 0 aliphatic heterocycles. The van der Waals surface area contributed by atoms with Crippen LogP contribution in [0.2, 0.25) is 0 Å². The molecule has 0 unspecified atom stereocenters. The fourth-order valence-corrected chi connectivity index (χ4v) is 3.83. The van der Waals surface area contributed by atoms with Crippen LogP contribution >= 0.6 is 11.3 Å². The maximum atomic E-state index is 12.5. The lowest BCUT2D eigenvalue weighted by atomic mass is 10.2. The van der Waals surface area contributed by atoms with Gasteiger partial charge in [0.1, 0.15) is 0 Å². The van der Waals surface area contributed by atoms with E-state index in [0.717, 1.165) is 16.0 Å². The predicted octanol–water partition coefficient (Wildman–Crippen LogP) is 3.31. The number of carbonyl (C=O) groups excluding carboxylic acids is 1. The monoisotopic (exact) mass is 336 g/mol. The van der Waals surface area contributed by atoms with E-state index in [9.17, 15) is 4.79 Å². The minimum atomic E-state index is -0.107. The smallest absolute Gasteiger partial charge is 0.255 e. The molecule has 4 aromatic rings. The van der Waals surface area contributed by atoms with Crippen molar-refractivity contribution in [2.75, 3.05) is 0 Å². The molecule has 1 atom stereocenters. The number of pyridine rings is 1. The highest BCUT2D eigenvalue weighted by molar-refractivity contribution is 7.18. The fraction of sp³-hybridized carbons (Fsp3) is 0.167. The quantitative estimate of drug-likeness (QED) is 0.622. The number of nitrogens with one attached hydrogen (secondary N) is 1. The number of fused-ring (bicyclic) bond motifs is 2. The van der Waals surface area contributed by atoms with Crippen LogP contribution in [0, 0.1) is 0 Å². The van der Waals surface area contributed by atoms with Crippen molar-refractivity contribution in [3.63, 3.8) is 0 Å². The molecule has 120 valence electrons. The number of para-hydroxylation sites is 1. The van der Waals surface area contributed by atoms with Gasteiger partial charge in [0, 0.05) is 18.7 Å². The largest absolute Gasteiger partial charge is 0.349 e. The molecule has 4 rings (SSSR count). The first kappa shape index (κ1) is 14.8. The summed E-state index contributed by atoms with van der Waals surface area (Å²) in [4.78, 5) is 17.1. The second-order valence-electron chi connectivity index (χ2n) is 5.74. The highest BCUT2D eigenvalue weighted by atomic mass is 32.1. The molecule has 5 nitrogen and oxygen atoms in total. The lowest BCUT2D eigenvalue weighted by molar-refractivity contribution is 0.0942. The molecule has 0 saturated heterocycles. The molecule has 0 aliphatic carbocycles. The third-order valence-electron chi connectivity index (χ3n) is 3.87. The van der Waals surface area contributed by atoms with Gasteiger partial charge >= 0.3 is 0 Å². The Kier molecular flexibility index (Phi) is 3.74. The summed E-state index contributed by atoms with van der Waals surface area (Å²) < 4.78 is 2.88. The summed E-state index contributed by atoms with van der Waals surface area (Å²) in [5.41, 5.74) is 2.41. The molecule has 0 spiro atoms. The van der Waals surface area contributed by atoms with Crippen LogP contribution in [0.1, 0.15) is 22.3 Å². The summed E-state index contributed by atoms with van der Waals surface area (Å²) in [6.07, 6.45) is 4.15. The topological polar surface area (TPSA) is 59.3 Å². The maximum Gasteiger partial charge on any atom is 0.255 e. The Hall–Kier alpha value is -2.73. The lowest BCUT2D eigenvalue weighted by Gasteiger charge is -2.11.